The normalized spacial score (nSPS) is 24.0. The van der Waals surface area contributed by atoms with Gasteiger partial charge in [0.15, 0.2) is 0 Å². The first kappa shape index (κ1) is 19.1. The molecule has 0 N–H and O–H groups in total. The van der Waals surface area contributed by atoms with E-state index in [-0.39, 0.29) is 11.9 Å². The van der Waals surface area contributed by atoms with Crippen LogP contribution in [0.15, 0.2) is 18.3 Å². The van der Waals surface area contributed by atoms with Gasteiger partial charge in [0.2, 0.25) is 0 Å². The highest BCUT2D eigenvalue weighted by molar-refractivity contribution is 5.94. The zero-order valence-corrected chi connectivity index (χ0v) is 16.4. The van der Waals surface area contributed by atoms with E-state index in [1.54, 1.807) is 6.20 Å². The van der Waals surface area contributed by atoms with Crippen molar-refractivity contribution in [3.63, 3.8) is 0 Å². The second-order valence-corrected chi connectivity index (χ2v) is 7.23. The molecule has 6 heteroatoms. The lowest BCUT2D eigenvalue weighted by molar-refractivity contribution is 0.0104. The Kier molecular flexibility index (Phi) is 6.48. The first-order valence-corrected chi connectivity index (χ1v) is 9.99. The summed E-state index contributed by atoms with van der Waals surface area (Å²) in [4.78, 5) is 24.3. The molecular formula is C20H32N4O2. The van der Waals surface area contributed by atoms with Gasteiger partial charge >= 0.3 is 0 Å². The highest BCUT2D eigenvalue weighted by Crippen LogP contribution is 2.25. The predicted octanol–water partition coefficient (Wildman–Crippen LogP) is 2.25. The smallest absolute Gasteiger partial charge is 0.255 e. The summed E-state index contributed by atoms with van der Waals surface area (Å²) in [5.74, 6) is 1.05. The zero-order valence-electron chi connectivity index (χ0n) is 16.4. The lowest BCUT2D eigenvalue weighted by Crippen LogP contribution is -2.49. The SMILES string of the molecule is CCCN(CC)c1ccc(C(=O)N2CC[C@@H](N3CCOCC3)[C@H]2C)cn1. The zero-order chi connectivity index (χ0) is 18.5. The molecule has 0 saturated carbocycles. The maximum Gasteiger partial charge on any atom is 0.255 e. The Hall–Kier alpha value is -1.66. The van der Waals surface area contributed by atoms with E-state index in [4.69, 9.17) is 4.74 Å². The molecule has 3 heterocycles. The molecule has 0 aliphatic carbocycles. The molecule has 144 valence electrons. The molecule has 0 bridgehead atoms. The molecule has 1 aromatic rings. The van der Waals surface area contributed by atoms with Crippen LogP contribution in [0.1, 0.15) is 44.0 Å². The summed E-state index contributed by atoms with van der Waals surface area (Å²) < 4.78 is 5.46. The predicted molar refractivity (Wildman–Crippen MR) is 104 cm³/mol. The first-order chi connectivity index (χ1) is 12.7. The average Bonchev–Trinajstić information content (AvgIpc) is 3.08. The summed E-state index contributed by atoms with van der Waals surface area (Å²) >= 11 is 0. The van der Waals surface area contributed by atoms with E-state index in [0.29, 0.717) is 11.6 Å². The van der Waals surface area contributed by atoms with Gasteiger partial charge in [-0.05, 0) is 38.8 Å². The molecule has 2 saturated heterocycles. The Morgan fingerprint density at radius 1 is 1.27 bits per heavy atom. The van der Waals surface area contributed by atoms with Crippen LogP contribution in [0.5, 0.6) is 0 Å². The van der Waals surface area contributed by atoms with Gasteiger partial charge in [0, 0.05) is 51.0 Å². The van der Waals surface area contributed by atoms with Crippen LogP contribution in [0.4, 0.5) is 5.82 Å². The van der Waals surface area contributed by atoms with Gasteiger partial charge in [0.05, 0.1) is 18.8 Å². The highest BCUT2D eigenvalue weighted by atomic mass is 16.5. The summed E-state index contributed by atoms with van der Waals surface area (Å²) in [5, 5.41) is 0. The molecule has 6 nitrogen and oxygen atoms in total. The van der Waals surface area contributed by atoms with Gasteiger partial charge in [-0.2, -0.15) is 0 Å². The fourth-order valence-corrected chi connectivity index (χ4v) is 4.18. The van der Waals surface area contributed by atoms with Crippen molar-refractivity contribution in [2.75, 3.05) is 50.8 Å². The molecular weight excluding hydrogens is 328 g/mol. The number of ether oxygens (including phenoxy) is 1. The summed E-state index contributed by atoms with van der Waals surface area (Å²) in [5.41, 5.74) is 0.691. The third kappa shape index (κ3) is 4.01. The molecule has 3 rings (SSSR count). The van der Waals surface area contributed by atoms with Crippen molar-refractivity contribution in [1.82, 2.24) is 14.8 Å². The van der Waals surface area contributed by atoms with E-state index >= 15 is 0 Å². The third-order valence-electron chi connectivity index (χ3n) is 5.68. The monoisotopic (exact) mass is 360 g/mol. The van der Waals surface area contributed by atoms with Crippen molar-refractivity contribution < 1.29 is 9.53 Å². The molecule has 1 amide bonds. The Labute approximate surface area is 157 Å². The van der Waals surface area contributed by atoms with Crippen molar-refractivity contribution in [1.29, 1.82) is 0 Å². The van der Waals surface area contributed by atoms with Crippen LogP contribution >= 0.6 is 0 Å². The lowest BCUT2D eigenvalue weighted by atomic mass is 10.1. The molecule has 0 spiro atoms. The summed E-state index contributed by atoms with van der Waals surface area (Å²) in [7, 11) is 0. The van der Waals surface area contributed by atoms with Gasteiger partial charge in [0.1, 0.15) is 5.82 Å². The van der Waals surface area contributed by atoms with E-state index in [2.05, 4.69) is 35.6 Å². The van der Waals surface area contributed by atoms with Crippen molar-refractivity contribution in [2.45, 2.75) is 45.7 Å². The summed E-state index contributed by atoms with van der Waals surface area (Å²) in [6, 6.07) is 4.58. The van der Waals surface area contributed by atoms with Gasteiger partial charge < -0.3 is 14.5 Å². The molecule has 2 aliphatic rings. The average molecular weight is 361 g/mol. The minimum Gasteiger partial charge on any atom is -0.379 e. The van der Waals surface area contributed by atoms with Crippen LogP contribution in [0.3, 0.4) is 0 Å². The number of likely N-dealkylation sites (tertiary alicyclic amines) is 1. The van der Waals surface area contributed by atoms with Crippen LogP contribution in [0.25, 0.3) is 0 Å². The highest BCUT2D eigenvalue weighted by Gasteiger charge is 2.38. The molecule has 26 heavy (non-hydrogen) atoms. The Bertz CT molecular complexity index is 586. The number of hydrogen-bond acceptors (Lipinski definition) is 5. The molecule has 0 radical (unpaired) electrons. The summed E-state index contributed by atoms with van der Waals surface area (Å²) in [6.07, 6.45) is 3.87. The second kappa shape index (κ2) is 8.82. The van der Waals surface area contributed by atoms with Crippen LogP contribution in [0, 0.1) is 0 Å². The second-order valence-electron chi connectivity index (χ2n) is 7.23. The molecule has 0 aromatic carbocycles. The lowest BCUT2D eigenvalue weighted by Gasteiger charge is -2.35. The number of hydrogen-bond donors (Lipinski definition) is 0. The van der Waals surface area contributed by atoms with Crippen molar-refractivity contribution in [3.05, 3.63) is 23.9 Å². The van der Waals surface area contributed by atoms with Crippen LogP contribution in [0.2, 0.25) is 0 Å². The number of rotatable bonds is 6. The number of carbonyl (C=O) groups is 1. The molecule has 2 aliphatic heterocycles. The Morgan fingerprint density at radius 2 is 2.04 bits per heavy atom. The standard InChI is InChI=1S/C20H32N4O2/c1-4-9-22(5-2)19-7-6-17(15-21-19)20(25)24-10-8-18(16(24)3)23-11-13-26-14-12-23/h6-7,15-16,18H,4-5,8-14H2,1-3H3/t16-,18-/m1/s1. The fraction of sp³-hybridized carbons (Fsp3) is 0.700. The Balaban J connectivity index is 1.65. The quantitative estimate of drug-likeness (QED) is 0.779. The summed E-state index contributed by atoms with van der Waals surface area (Å²) in [6.45, 7) is 12.7. The fourth-order valence-electron chi connectivity index (χ4n) is 4.18. The topological polar surface area (TPSA) is 48.9 Å². The van der Waals surface area contributed by atoms with Gasteiger partial charge in [-0.1, -0.05) is 6.92 Å². The minimum absolute atomic E-state index is 0.103. The molecule has 2 atom stereocenters. The van der Waals surface area contributed by atoms with E-state index in [1.165, 1.54) is 0 Å². The Morgan fingerprint density at radius 3 is 2.65 bits per heavy atom. The van der Waals surface area contributed by atoms with Gasteiger partial charge in [-0.3, -0.25) is 9.69 Å². The van der Waals surface area contributed by atoms with Crippen molar-refractivity contribution in [3.8, 4) is 0 Å². The van der Waals surface area contributed by atoms with Crippen LogP contribution in [-0.2, 0) is 4.74 Å². The van der Waals surface area contributed by atoms with Crippen LogP contribution in [-0.4, -0.2) is 78.7 Å². The number of pyridine rings is 1. The van der Waals surface area contributed by atoms with E-state index in [1.807, 2.05) is 17.0 Å². The van der Waals surface area contributed by atoms with Crippen LogP contribution < -0.4 is 4.90 Å². The number of carbonyl (C=O) groups excluding carboxylic acids is 1. The minimum atomic E-state index is 0.103. The van der Waals surface area contributed by atoms with E-state index in [9.17, 15) is 4.79 Å². The largest absolute Gasteiger partial charge is 0.379 e. The number of anilines is 1. The van der Waals surface area contributed by atoms with E-state index < -0.39 is 0 Å². The molecule has 2 fully saturated rings. The maximum absolute atomic E-state index is 13.0. The molecule has 1 aromatic heterocycles. The van der Waals surface area contributed by atoms with Gasteiger partial charge in [-0.15, -0.1) is 0 Å². The maximum atomic E-state index is 13.0. The number of aromatic nitrogens is 1. The van der Waals surface area contributed by atoms with Crippen molar-refractivity contribution >= 4 is 11.7 Å². The first-order valence-electron chi connectivity index (χ1n) is 9.99. The number of amides is 1. The van der Waals surface area contributed by atoms with Crippen molar-refractivity contribution in [2.24, 2.45) is 0 Å². The molecule has 0 unspecified atom stereocenters. The number of nitrogens with zero attached hydrogens (tertiary/aromatic N) is 4. The van der Waals surface area contributed by atoms with E-state index in [0.717, 1.165) is 64.6 Å². The van der Waals surface area contributed by atoms with Gasteiger partial charge in [0.25, 0.3) is 5.91 Å². The van der Waals surface area contributed by atoms with Gasteiger partial charge in [-0.25, -0.2) is 4.98 Å². The third-order valence-corrected chi connectivity index (χ3v) is 5.68. The number of morpholine rings is 1.